The van der Waals surface area contributed by atoms with Crippen molar-refractivity contribution in [3.8, 4) is 0 Å². The Hall–Kier alpha value is -2.78. The Kier molecular flexibility index (Phi) is 4.01. The molecule has 0 aromatic heterocycles. The summed E-state index contributed by atoms with van der Waals surface area (Å²) in [6.07, 6.45) is 0.584. The Morgan fingerprint density at radius 3 is 2.78 bits per heavy atom. The van der Waals surface area contributed by atoms with Crippen LogP contribution in [-0.4, -0.2) is 49.8 Å². The van der Waals surface area contributed by atoms with Gasteiger partial charge in [0.15, 0.2) is 0 Å². The highest BCUT2D eigenvalue weighted by atomic mass is 16.7. The van der Waals surface area contributed by atoms with Gasteiger partial charge in [-0.15, -0.1) is 0 Å². The van der Waals surface area contributed by atoms with E-state index in [0.717, 1.165) is 5.06 Å². The lowest BCUT2D eigenvalue weighted by Gasteiger charge is -2.33. The number of nitro groups is 1. The molecule has 2 bridgehead atoms. The van der Waals surface area contributed by atoms with Crippen molar-refractivity contribution >= 4 is 17.6 Å². The van der Waals surface area contributed by atoms with Crippen LogP contribution in [0.15, 0.2) is 35.9 Å². The standard InChI is InChI=1S/C18H18N2O7/c1-25-16(21)10-7-15-18(8-14(20(23)24)11(10)9-27-15)12-5-3-4-6-13(12)19(26-2)17(18)22/h3-7,11,14-15H,8-9H2,1-2H3. The first kappa shape index (κ1) is 17.6. The Bertz CT molecular complexity index is 867. The zero-order valence-electron chi connectivity index (χ0n) is 14.8. The van der Waals surface area contributed by atoms with E-state index < -0.39 is 40.3 Å². The fraction of sp³-hybridized carbons (Fsp3) is 0.444. The maximum absolute atomic E-state index is 13.4. The van der Waals surface area contributed by atoms with Crippen molar-refractivity contribution in [1.29, 1.82) is 0 Å². The van der Waals surface area contributed by atoms with E-state index in [0.29, 0.717) is 11.3 Å². The van der Waals surface area contributed by atoms with Crippen molar-refractivity contribution in [2.75, 3.05) is 25.9 Å². The van der Waals surface area contributed by atoms with Gasteiger partial charge >= 0.3 is 5.97 Å². The van der Waals surface area contributed by atoms with Gasteiger partial charge in [0.25, 0.3) is 5.91 Å². The number of hydroxylamine groups is 1. The predicted octanol–water partition coefficient (Wildman–Crippen LogP) is 0.996. The van der Waals surface area contributed by atoms with Crippen molar-refractivity contribution in [3.63, 3.8) is 0 Å². The molecular weight excluding hydrogens is 356 g/mol. The molecule has 1 fully saturated rings. The minimum Gasteiger partial charge on any atom is -0.466 e. The van der Waals surface area contributed by atoms with Gasteiger partial charge in [0, 0.05) is 16.9 Å². The molecule has 1 saturated heterocycles. The summed E-state index contributed by atoms with van der Waals surface area (Å²) in [6.45, 7) is -0.0264. The molecule has 1 amide bonds. The highest BCUT2D eigenvalue weighted by Crippen LogP contribution is 2.53. The lowest BCUT2D eigenvalue weighted by atomic mass is 9.72. The lowest BCUT2D eigenvalue weighted by molar-refractivity contribution is -0.531. The molecule has 27 heavy (non-hydrogen) atoms. The molecule has 1 aromatic carbocycles. The molecule has 1 aromatic rings. The molecule has 0 saturated carbocycles. The zero-order chi connectivity index (χ0) is 19.3. The largest absolute Gasteiger partial charge is 0.466 e. The monoisotopic (exact) mass is 374 g/mol. The van der Waals surface area contributed by atoms with Crippen molar-refractivity contribution in [3.05, 3.63) is 51.6 Å². The first-order valence-electron chi connectivity index (χ1n) is 8.49. The number of ether oxygens (including phenoxy) is 2. The number of nitrogens with zero attached hydrogens (tertiary/aromatic N) is 2. The topological polar surface area (TPSA) is 108 Å². The van der Waals surface area contributed by atoms with Gasteiger partial charge < -0.3 is 9.47 Å². The molecule has 0 radical (unpaired) electrons. The average Bonchev–Trinajstić information content (AvgIpc) is 2.80. The average molecular weight is 374 g/mol. The van der Waals surface area contributed by atoms with Crippen LogP contribution >= 0.6 is 0 Å². The number of anilines is 1. The summed E-state index contributed by atoms with van der Waals surface area (Å²) < 4.78 is 10.7. The van der Waals surface area contributed by atoms with Gasteiger partial charge in [0.2, 0.25) is 6.04 Å². The summed E-state index contributed by atoms with van der Waals surface area (Å²) in [5, 5.41) is 13.0. The summed E-state index contributed by atoms with van der Waals surface area (Å²) in [4.78, 5) is 42.3. The third-order valence-corrected chi connectivity index (χ3v) is 5.71. The van der Waals surface area contributed by atoms with Crippen molar-refractivity contribution in [2.24, 2.45) is 5.92 Å². The number of carbonyl (C=O) groups is 2. The van der Waals surface area contributed by atoms with Crippen LogP contribution in [0.5, 0.6) is 0 Å². The molecule has 5 rings (SSSR count). The molecule has 3 aliphatic heterocycles. The highest BCUT2D eigenvalue weighted by Gasteiger charge is 2.64. The van der Waals surface area contributed by atoms with Gasteiger partial charge in [-0.1, -0.05) is 18.2 Å². The van der Waals surface area contributed by atoms with Crippen LogP contribution in [0.4, 0.5) is 5.69 Å². The van der Waals surface area contributed by atoms with E-state index in [1.54, 1.807) is 24.3 Å². The van der Waals surface area contributed by atoms with Gasteiger partial charge in [-0.25, -0.2) is 4.79 Å². The number of rotatable bonds is 3. The maximum Gasteiger partial charge on any atom is 0.334 e. The van der Waals surface area contributed by atoms with Crippen LogP contribution < -0.4 is 5.06 Å². The van der Waals surface area contributed by atoms with E-state index in [2.05, 4.69) is 0 Å². The summed E-state index contributed by atoms with van der Waals surface area (Å²) in [6, 6.07) is 5.81. The summed E-state index contributed by atoms with van der Waals surface area (Å²) in [5.41, 5.74) is -0.0336. The van der Waals surface area contributed by atoms with Crippen molar-refractivity contribution in [1.82, 2.24) is 0 Å². The number of fused-ring (bicyclic) bond motifs is 3. The molecule has 1 spiro atoms. The van der Waals surface area contributed by atoms with Gasteiger partial charge in [0.1, 0.15) is 5.41 Å². The third-order valence-electron chi connectivity index (χ3n) is 5.71. The molecule has 142 valence electrons. The first-order valence-corrected chi connectivity index (χ1v) is 8.49. The Balaban J connectivity index is 1.96. The van der Waals surface area contributed by atoms with E-state index in [1.807, 2.05) is 0 Å². The van der Waals surface area contributed by atoms with Gasteiger partial charge in [-0.2, -0.15) is 5.06 Å². The van der Waals surface area contributed by atoms with Gasteiger partial charge in [0.05, 0.1) is 38.5 Å². The van der Waals surface area contributed by atoms with E-state index in [4.69, 9.17) is 14.3 Å². The number of para-hydroxylation sites is 1. The maximum atomic E-state index is 13.4. The number of amides is 1. The molecule has 1 aliphatic carbocycles. The number of esters is 1. The summed E-state index contributed by atoms with van der Waals surface area (Å²) >= 11 is 0. The van der Waals surface area contributed by atoms with E-state index in [1.165, 1.54) is 20.3 Å². The van der Waals surface area contributed by atoms with Crippen molar-refractivity contribution in [2.45, 2.75) is 24.0 Å². The SMILES string of the molecule is COC(=O)C1=CC2OCC1C([N+](=O)[O-])CC21C(=O)N(OC)c2ccccc21. The summed E-state index contributed by atoms with van der Waals surface area (Å²) in [5.74, 6) is -1.86. The third kappa shape index (κ3) is 2.25. The van der Waals surface area contributed by atoms with E-state index in [9.17, 15) is 19.7 Å². The van der Waals surface area contributed by atoms with Crippen LogP contribution in [0.3, 0.4) is 0 Å². The molecular formula is C18H18N2O7. The molecule has 9 heteroatoms. The number of benzene rings is 1. The predicted molar refractivity (Wildman–Crippen MR) is 91.3 cm³/mol. The molecule has 4 aliphatic rings. The number of carbonyl (C=O) groups excluding carboxylic acids is 2. The summed E-state index contributed by atoms with van der Waals surface area (Å²) in [7, 11) is 2.59. The number of hydrogen-bond donors (Lipinski definition) is 0. The molecule has 3 heterocycles. The van der Waals surface area contributed by atoms with Gasteiger partial charge in [-0.3, -0.25) is 19.7 Å². The second kappa shape index (κ2) is 6.14. The lowest BCUT2D eigenvalue weighted by Crippen LogP contribution is -2.49. The van der Waals surface area contributed by atoms with Crippen LogP contribution in [0.25, 0.3) is 0 Å². The van der Waals surface area contributed by atoms with Crippen molar-refractivity contribution < 1.29 is 28.8 Å². The van der Waals surface area contributed by atoms with Crippen LogP contribution in [0.1, 0.15) is 12.0 Å². The van der Waals surface area contributed by atoms with E-state index >= 15 is 0 Å². The Morgan fingerprint density at radius 1 is 1.37 bits per heavy atom. The normalized spacial score (nSPS) is 31.5. The minimum atomic E-state index is -1.34. The highest BCUT2D eigenvalue weighted by molar-refractivity contribution is 6.08. The Labute approximate surface area is 154 Å². The fourth-order valence-electron chi connectivity index (χ4n) is 4.47. The second-order valence-electron chi connectivity index (χ2n) is 6.80. The molecule has 4 atom stereocenters. The van der Waals surface area contributed by atoms with Crippen LogP contribution in [0, 0.1) is 16.0 Å². The fourth-order valence-corrected chi connectivity index (χ4v) is 4.47. The smallest absolute Gasteiger partial charge is 0.334 e. The number of hydrogen-bond acceptors (Lipinski definition) is 7. The van der Waals surface area contributed by atoms with Crippen LogP contribution in [0.2, 0.25) is 0 Å². The van der Waals surface area contributed by atoms with Gasteiger partial charge in [-0.05, 0) is 17.7 Å². The zero-order valence-corrected chi connectivity index (χ0v) is 14.8. The van der Waals surface area contributed by atoms with Crippen LogP contribution in [-0.2, 0) is 29.3 Å². The second-order valence-corrected chi connectivity index (χ2v) is 6.80. The quantitative estimate of drug-likeness (QED) is 0.441. The molecule has 9 nitrogen and oxygen atoms in total. The first-order chi connectivity index (χ1) is 13.0. The molecule has 4 unspecified atom stereocenters. The number of methoxy groups -OCH3 is 1. The minimum absolute atomic E-state index is 0.0264. The van der Waals surface area contributed by atoms with E-state index in [-0.39, 0.29) is 18.6 Å². The Morgan fingerprint density at radius 2 is 2.11 bits per heavy atom. The molecule has 0 N–H and O–H groups in total.